The van der Waals surface area contributed by atoms with Crippen molar-refractivity contribution in [3.05, 3.63) is 61.4 Å². The number of nitrogens with two attached hydrogens (primary N) is 1. The number of aromatic nitrogens is 4. The molecule has 1 saturated heterocycles. The molecule has 0 atom stereocenters. The number of aryl methyl sites for hydroxylation is 1. The van der Waals surface area contributed by atoms with E-state index < -0.39 is 0 Å². The van der Waals surface area contributed by atoms with Crippen LogP contribution in [0.4, 0.5) is 5.82 Å². The SMILES string of the molecule is C=CC(=O)N1CCN(CCCCCn2nc(-c3ccc4ccccc4c3)c3c(N)ncnc32)CC1. The summed E-state index contributed by atoms with van der Waals surface area (Å²) in [6, 6.07) is 14.6. The molecule has 8 nitrogen and oxygen atoms in total. The number of carbonyl (C=O) groups excluding carboxylic acids is 1. The molecule has 1 aliphatic rings. The van der Waals surface area contributed by atoms with Crippen LogP contribution in [-0.4, -0.2) is 68.2 Å². The number of hydrogen-bond acceptors (Lipinski definition) is 6. The predicted molar refractivity (Wildman–Crippen MR) is 140 cm³/mol. The van der Waals surface area contributed by atoms with E-state index in [9.17, 15) is 4.79 Å². The minimum atomic E-state index is 0.0311. The molecule has 0 bridgehead atoms. The first-order valence-electron chi connectivity index (χ1n) is 12.2. The van der Waals surface area contributed by atoms with Gasteiger partial charge in [0.1, 0.15) is 17.8 Å². The third kappa shape index (κ3) is 4.88. The first kappa shape index (κ1) is 23.0. The van der Waals surface area contributed by atoms with Gasteiger partial charge in [-0.1, -0.05) is 49.4 Å². The number of hydrogen-bond donors (Lipinski definition) is 1. The number of carbonyl (C=O) groups is 1. The van der Waals surface area contributed by atoms with E-state index in [1.807, 2.05) is 21.7 Å². The van der Waals surface area contributed by atoms with Crippen LogP contribution < -0.4 is 5.73 Å². The quantitative estimate of drug-likeness (QED) is 0.312. The van der Waals surface area contributed by atoms with Crippen LogP contribution in [0.3, 0.4) is 0 Å². The summed E-state index contributed by atoms with van der Waals surface area (Å²) in [5, 5.41) is 8.10. The van der Waals surface area contributed by atoms with E-state index in [1.165, 1.54) is 17.8 Å². The molecule has 2 N–H and O–H groups in total. The maximum Gasteiger partial charge on any atom is 0.246 e. The highest BCUT2D eigenvalue weighted by Gasteiger charge is 2.19. The summed E-state index contributed by atoms with van der Waals surface area (Å²) < 4.78 is 1.97. The van der Waals surface area contributed by atoms with E-state index in [2.05, 4.69) is 51.8 Å². The van der Waals surface area contributed by atoms with Crippen LogP contribution in [0.1, 0.15) is 19.3 Å². The van der Waals surface area contributed by atoms with E-state index in [-0.39, 0.29) is 5.91 Å². The number of amides is 1. The Morgan fingerprint density at radius 3 is 2.54 bits per heavy atom. The zero-order valence-electron chi connectivity index (χ0n) is 19.9. The zero-order chi connectivity index (χ0) is 24.2. The molecule has 1 aliphatic heterocycles. The molecule has 0 aliphatic carbocycles. The summed E-state index contributed by atoms with van der Waals surface area (Å²) >= 11 is 0. The maximum absolute atomic E-state index is 11.7. The Bertz CT molecular complexity index is 1350. The average Bonchev–Trinajstić information content (AvgIpc) is 3.28. The van der Waals surface area contributed by atoms with Gasteiger partial charge >= 0.3 is 0 Å². The third-order valence-corrected chi connectivity index (χ3v) is 6.78. The van der Waals surface area contributed by atoms with E-state index in [0.29, 0.717) is 5.82 Å². The second-order valence-electron chi connectivity index (χ2n) is 9.02. The van der Waals surface area contributed by atoms with Crippen molar-refractivity contribution in [2.45, 2.75) is 25.8 Å². The third-order valence-electron chi connectivity index (χ3n) is 6.78. The second-order valence-corrected chi connectivity index (χ2v) is 9.02. The number of anilines is 1. The Morgan fingerprint density at radius 1 is 0.971 bits per heavy atom. The fraction of sp³-hybridized carbons (Fsp3) is 0.333. The zero-order valence-corrected chi connectivity index (χ0v) is 19.9. The largest absolute Gasteiger partial charge is 0.383 e. The van der Waals surface area contributed by atoms with Crippen LogP contribution in [0.2, 0.25) is 0 Å². The molecule has 8 heteroatoms. The van der Waals surface area contributed by atoms with Gasteiger partial charge in [-0.15, -0.1) is 0 Å². The summed E-state index contributed by atoms with van der Waals surface area (Å²) in [4.78, 5) is 24.8. The standard InChI is InChI=1S/C27H31N7O/c1-2-23(35)33-16-14-32(15-17-33)12-6-3-7-13-34-27-24(26(28)29-19-30-27)25(31-34)22-11-10-20-8-4-5-9-21(20)18-22/h2,4-5,8-11,18-19H,1,3,6-7,12-17H2,(H2,28,29,30). The lowest BCUT2D eigenvalue weighted by atomic mass is 10.0. The van der Waals surface area contributed by atoms with Crippen molar-refractivity contribution in [3.8, 4) is 11.3 Å². The molecule has 1 fully saturated rings. The van der Waals surface area contributed by atoms with Gasteiger partial charge in [-0.05, 0) is 42.3 Å². The molecule has 0 unspecified atom stereocenters. The Hall–Kier alpha value is -3.78. The number of benzene rings is 2. The average molecular weight is 470 g/mol. The van der Waals surface area contributed by atoms with Crippen LogP contribution in [-0.2, 0) is 11.3 Å². The Labute approximate surface area is 205 Å². The van der Waals surface area contributed by atoms with Crippen molar-refractivity contribution in [1.82, 2.24) is 29.5 Å². The summed E-state index contributed by atoms with van der Waals surface area (Å²) in [5.74, 6) is 0.488. The molecule has 35 heavy (non-hydrogen) atoms. The van der Waals surface area contributed by atoms with Gasteiger partial charge in [0.15, 0.2) is 5.65 Å². The molecule has 5 rings (SSSR count). The number of fused-ring (bicyclic) bond motifs is 2. The van der Waals surface area contributed by atoms with Gasteiger partial charge in [0, 0.05) is 38.3 Å². The first-order valence-corrected chi connectivity index (χ1v) is 12.2. The molecule has 2 aromatic heterocycles. The van der Waals surface area contributed by atoms with Crippen molar-refractivity contribution < 1.29 is 4.79 Å². The van der Waals surface area contributed by atoms with E-state index in [1.54, 1.807) is 0 Å². The maximum atomic E-state index is 11.7. The van der Waals surface area contributed by atoms with Crippen LogP contribution in [0.5, 0.6) is 0 Å². The lowest BCUT2D eigenvalue weighted by Crippen LogP contribution is -2.48. The normalized spacial score (nSPS) is 14.6. The molecule has 1 amide bonds. The number of unbranched alkanes of at least 4 members (excludes halogenated alkanes) is 2. The van der Waals surface area contributed by atoms with Crippen molar-refractivity contribution >= 4 is 33.5 Å². The molecule has 4 aromatic rings. The molecule has 0 saturated carbocycles. The van der Waals surface area contributed by atoms with Gasteiger partial charge in [-0.25, -0.2) is 14.6 Å². The van der Waals surface area contributed by atoms with Gasteiger partial charge in [0.2, 0.25) is 5.91 Å². The highest BCUT2D eigenvalue weighted by Crippen LogP contribution is 2.32. The molecule has 0 radical (unpaired) electrons. The molecule has 180 valence electrons. The van der Waals surface area contributed by atoms with Crippen molar-refractivity contribution in [3.63, 3.8) is 0 Å². The second kappa shape index (κ2) is 10.2. The summed E-state index contributed by atoms with van der Waals surface area (Å²) in [6.07, 6.45) is 6.13. The lowest BCUT2D eigenvalue weighted by Gasteiger charge is -2.34. The smallest absolute Gasteiger partial charge is 0.246 e. The van der Waals surface area contributed by atoms with Gasteiger partial charge in [0.05, 0.1) is 5.39 Å². The van der Waals surface area contributed by atoms with Crippen LogP contribution in [0.25, 0.3) is 33.1 Å². The van der Waals surface area contributed by atoms with E-state index in [4.69, 9.17) is 10.8 Å². The molecule has 3 heterocycles. The van der Waals surface area contributed by atoms with Crippen LogP contribution in [0.15, 0.2) is 61.4 Å². The molecular formula is C27H31N7O. The van der Waals surface area contributed by atoms with Gasteiger partial charge in [-0.2, -0.15) is 5.10 Å². The minimum Gasteiger partial charge on any atom is -0.383 e. The van der Waals surface area contributed by atoms with Crippen LogP contribution in [0, 0.1) is 0 Å². The van der Waals surface area contributed by atoms with Crippen molar-refractivity contribution in [2.24, 2.45) is 0 Å². The lowest BCUT2D eigenvalue weighted by molar-refractivity contribution is -0.127. The highest BCUT2D eigenvalue weighted by atomic mass is 16.2. The first-order chi connectivity index (χ1) is 17.1. The fourth-order valence-electron chi connectivity index (χ4n) is 4.82. The Morgan fingerprint density at radius 2 is 1.74 bits per heavy atom. The van der Waals surface area contributed by atoms with Crippen molar-refractivity contribution in [2.75, 3.05) is 38.5 Å². The van der Waals surface area contributed by atoms with E-state index in [0.717, 1.165) is 86.2 Å². The predicted octanol–water partition coefficient (Wildman–Crippen LogP) is 3.73. The molecule has 0 spiro atoms. The summed E-state index contributed by atoms with van der Waals surface area (Å²) in [6.45, 7) is 8.82. The topological polar surface area (TPSA) is 93.2 Å². The molecular weight excluding hydrogens is 438 g/mol. The number of nitrogen functional groups attached to an aromatic ring is 1. The Kier molecular flexibility index (Phi) is 6.72. The number of rotatable bonds is 8. The summed E-state index contributed by atoms with van der Waals surface area (Å²) in [5.41, 5.74) is 8.90. The van der Waals surface area contributed by atoms with Crippen LogP contribution >= 0.6 is 0 Å². The molecule has 2 aromatic carbocycles. The minimum absolute atomic E-state index is 0.0311. The fourth-order valence-corrected chi connectivity index (χ4v) is 4.82. The number of nitrogens with zero attached hydrogens (tertiary/aromatic N) is 6. The van der Waals surface area contributed by atoms with Gasteiger partial charge in [0.25, 0.3) is 0 Å². The monoisotopic (exact) mass is 469 g/mol. The van der Waals surface area contributed by atoms with Gasteiger partial charge < -0.3 is 10.6 Å². The van der Waals surface area contributed by atoms with Gasteiger partial charge in [-0.3, -0.25) is 9.69 Å². The summed E-state index contributed by atoms with van der Waals surface area (Å²) in [7, 11) is 0. The van der Waals surface area contributed by atoms with Crippen molar-refractivity contribution in [1.29, 1.82) is 0 Å². The Balaban J connectivity index is 1.23. The van der Waals surface area contributed by atoms with E-state index >= 15 is 0 Å². The highest BCUT2D eigenvalue weighted by molar-refractivity contribution is 6.00. The number of piperazine rings is 1.